The van der Waals surface area contributed by atoms with Gasteiger partial charge in [-0.3, -0.25) is 4.79 Å². The number of aryl methyl sites for hydroxylation is 1. The second kappa shape index (κ2) is 7.69. The van der Waals surface area contributed by atoms with Crippen molar-refractivity contribution >= 4 is 23.2 Å². The van der Waals surface area contributed by atoms with Crippen molar-refractivity contribution in [1.29, 1.82) is 0 Å². The van der Waals surface area contributed by atoms with E-state index in [0.717, 1.165) is 11.1 Å². The van der Waals surface area contributed by atoms with Crippen LogP contribution in [-0.4, -0.2) is 10.9 Å². The van der Waals surface area contributed by atoms with Crippen LogP contribution in [-0.2, 0) is 11.2 Å². The Hall–Kier alpha value is -3.03. The summed E-state index contributed by atoms with van der Waals surface area (Å²) in [5.74, 6) is 3.57. The molecule has 0 aliphatic rings. The lowest BCUT2D eigenvalue weighted by Crippen LogP contribution is -2.12. The predicted octanol–water partition coefficient (Wildman–Crippen LogP) is 4.55. The number of hydrogen-bond donors (Lipinski definition) is 1. The molecule has 2 aromatic carbocycles. The SMILES string of the molecule is C#Cc1cccc(NC(=O)CCc2ncc(-c3ccc(Cl)cc3)o2)c1. The average molecular weight is 351 g/mol. The van der Waals surface area contributed by atoms with E-state index in [-0.39, 0.29) is 12.3 Å². The van der Waals surface area contributed by atoms with E-state index >= 15 is 0 Å². The van der Waals surface area contributed by atoms with Gasteiger partial charge in [-0.2, -0.15) is 0 Å². The van der Waals surface area contributed by atoms with Gasteiger partial charge in [0.2, 0.25) is 5.91 Å². The third kappa shape index (κ3) is 4.50. The van der Waals surface area contributed by atoms with Crippen LogP contribution < -0.4 is 5.32 Å². The minimum Gasteiger partial charge on any atom is -0.441 e. The first kappa shape index (κ1) is 16.8. The Balaban J connectivity index is 1.57. The molecule has 0 spiro atoms. The normalized spacial score (nSPS) is 10.2. The molecule has 1 aromatic heterocycles. The van der Waals surface area contributed by atoms with Gasteiger partial charge in [0.25, 0.3) is 0 Å². The highest BCUT2D eigenvalue weighted by Gasteiger charge is 2.09. The van der Waals surface area contributed by atoms with E-state index in [1.54, 1.807) is 42.6 Å². The molecule has 0 saturated carbocycles. The Kier molecular flexibility index (Phi) is 5.17. The van der Waals surface area contributed by atoms with E-state index in [0.29, 0.717) is 28.8 Å². The monoisotopic (exact) mass is 350 g/mol. The molecule has 5 heteroatoms. The highest BCUT2D eigenvalue weighted by Crippen LogP contribution is 2.22. The molecular formula is C20H15ClN2O2. The lowest BCUT2D eigenvalue weighted by atomic mass is 10.2. The molecule has 0 saturated heterocycles. The largest absolute Gasteiger partial charge is 0.441 e. The number of benzene rings is 2. The summed E-state index contributed by atoms with van der Waals surface area (Å²) < 4.78 is 5.69. The van der Waals surface area contributed by atoms with Crippen LogP contribution in [0.4, 0.5) is 5.69 Å². The number of rotatable bonds is 5. The Bertz CT molecular complexity index is 923. The number of nitrogens with one attached hydrogen (secondary N) is 1. The van der Waals surface area contributed by atoms with E-state index in [1.807, 2.05) is 12.1 Å². The number of carbonyl (C=O) groups is 1. The van der Waals surface area contributed by atoms with Crippen molar-refractivity contribution in [3.63, 3.8) is 0 Å². The van der Waals surface area contributed by atoms with Crippen molar-refractivity contribution < 1.29 is 9.21 Å². The van der Waals surface area contributed by atoms with Crippen LogP contribution >= 0.6 is 11.6 Å². The molecule has 3 aromatic rings. The summed E-state index contributed by atoms with van der Waals surface area (Å²) in [4.78, 5) is 16.3. The molecular weight excluding hydrogens is 336 g/mol. The zero-order valence-corrected chi connectivity index (χ0v) is 14.1. The number of terminal acetylenes is 1. The van der Waals surface area contributed by atoms with E-state index in [9.17, 15) is 4.79 Å². The zero-order valence-electron chi connectivity index (χ0n) is 13.3. The molecule has 3 rings (SSSR count). The van der Waals surface area contributed by atoms with Crippen molar-refractivity contribution in [2.75, 3.05) is 5.32 Å². The number of hydrogen-bond acceptors (Lipinski definition) is 3. The number of anilines is 1. The second-order valence-electron chi connectivity index (χ2n) is 5.40. The van der Waals surface area contributed by atoms with Crippen LogP contribution in [0.2, 0.25) is 5.02 Å². The van der Waals surface area contributed by atoms with Crippen molar-refractivity contribution in [3.05, 3.63) is 71.2 Å². The highest BCUT2D eigenvalue weighted by atomic mass is 35.5. The summed E-state index contributed by atoms with van der Waals surface area (Å²) in [5.41, 5.74) is 2.28. The molecule has 1 N–H and O–H groups in total. The Morgan fingerprint density at radius 1 is 1.24 bits per heavy atom. The van der Waals surface area contributed by atoms with Gasteiger partial charge >= 0.3 is 0 Å². The van der Waals surface area contributed by atoms with E-state index in [4.69, 9.17) is 22.4 Å². The Labute approximate surface area is 150 Å². The highest BCUT2D eigenvalue weighted by molar-refractivity contribution is 6.30. The van der Waals surface area contributed by atoms with E-state index in [2.05, 4.69) is 16.2 Å². The summed E-state index contributed by atoms with van der Waals surface area (Å²) in [6.45, 7) is 0. The second-order valence-corrected chi connectivity index (χ2v) is 5.83. The maximum atomic E-state index is 12.1. The molecule has 124 valence electrons. The average Bonchev–Trinajstić information content (AvgIpc) is 3.10. The van der Waals surface area contributed by atoms with E-state index < -0.39 is 0 Å². The maximum Gasteiger partial charge on any atom is 0.224 e. The first-order chi connectivity index (χ1) is 12.1. The van der Waals surface area contributed by atoms with Gasteiger partial charge in [0.1, 0.15) is 0 Å². The smallest absolute Gasteiger partial charge is 0.224 e. The fraction of sp³-hybridized carbons (Fsp3) is 0.100. The number of oxazole rings is 1. The molecule has 0 radical (unpaired) electrons. The van der Waals surface area contributed by atoms with Crippen LogP contribution in [0.15, 0.2) is 59.1 Å². The number of aromatic nitrogens is 1. The maximum absolute atomic E-state index is 12.1. The number of amides is 1. The lowest BCUT2D eigenvalue weighted by molar-refractivity contribution is -0.116. The van der Waals surface area contributed by atoms with E-state index in [1.165, 1.54) is 0 Å². The Morgan fingerprint density at radius 2 is 2.04 bits per heavy atom. The van der Waals surface area contributed by atoms with Crippen molar-refractivity contribution in [2.45, 2.75) is 12.8 Å². The molecule has 0 fully saturated rings. The molecule has 0 bridgehead atoms. The molecule has 0 aliphatic carbocycles. The van der Waals surface area contributed by atoms with Crippen LogP contribution in [0.1, 0.15) is 17.9 Å². The lowest BCUT2D eigenvalue weighted by Gasteiger charge is -2.04. The van der Waals surface area contributed by atoms with Gasteiger partial charge in [-0.25, -0.2) is 4.98 Å². The summed E-state index contributed by atoms with van der Waals surface area (Å²) in [7, 11) is 0. The molecule has 25 heavy (non-hydrogen) atoms. The van der Waals surface area contributed by atoms with Gasteiger partial charge in [0.15, 0.2) is 11.7 Å². The molecule has 4 nitrogen and oxygen atoms in total. The standard InChI is InChI=1S/C20H15ClN2O2/c1-2-14-4-3-5-17(12-14)23-19(24)10-11-20-22-13-18(25-20)15-6-8-16(21)9-7-15/h1,3-9,12-13H,10-11H2,(H,23,24). The molecule has 0 unspecified atom stereocenters. The fourth-order valence-corrected chi connectivity index (χ4v) is 2.43. The van der Waals surface area contributed by atoms with Gasteiger partial charge in [-0.1, -0.05) is 23.6 Å². The van der Waals surface area contributed by atoms with Gasteiger partial charge in [0, 0.05) is 34.7 Å². The van der Waals surface area contributed by atoms with Crippen LogP contribution in [0, 0.1) is 12.3 Å². The van der Waals surface area contributed by atoms with Crippen molar-refractivity contribution in [1.82, 2.24) is 4.98 Å². The minimum atomic E-state index is -0.125. The zero-order chi connectivity index (χ0) is 17.6. The first-order valence-electron chi connectivity index (χ1n) is 7.71. The number of halogens is 1. The van der Waals surface area contributed by atoms with Crippen molar-refractivity contribution in [3.8, 4) is 23.7 Å². The molecule has 0 atom stereocenters. The third-order valence-electron chi connectivity index (χ3n) is 3.56. The van der Waals surface area contributed by atoms with Crippen molar-refractivity contribution in [2.24, 2.45) is 0 Å². The van der Waals surface area contributed by atoms with Crippen LogP contribution in [0.5, 0.6) is 0 Å². The third-order valence-corrected chi connectivity index (χ3v) is 3.81. The fourth-order valence-electron chi connectivity index (χ4n) is 2.30. The number of nitrogens with zero attached hydrogens (tertiary/aromatic N) is 1. The topological polar surface area (TPSA) is 55.1 Å². The molecule has 1 heterocycles. The summed E-state index contributed by atoms with van der Waals surface area (Å²) >= 11 is 5.87. The predicted molar refractivity (Wildman–Crippen MR) is 98.3 cm³/mol. The summed E-state index contributed by atoms with van der Waals surface area (Å²) in [6.07, 6.45) is 7.67. The first-order valence-corrected chi connectivity index (χ1v) is 8.09. The van der Waals surface area contributed by atoms with Gasteiger partial charge in [-0.05, 0) is 42.5 Å². The minimum absolute atomic E-state index is 0.125. The Morgan fingerprint density at radius 3 is 2.80 bits per heavy atom. The summed E-state index contributed by atoms with van der Waals surface area (Å²) in [5, 5.41) is 3.47. The summed E-state index contributed by atoms with van der Waals surface area (Å²) in [6, 6.07) is 14.4. The quantitative estimate of drug-likeness (QED) is 0.687. The van der Waals surface area contributed by atoms with Crippen LogP contribution in [0.3, 0.4) is 0 Å². The number of carbonyl (C=O) groups excluding carboxylic acids is 1. The van der Waals surface area contributed by atoms with Gasteiger partial charge < -0.3 is 9.73 Å². The molecule has 1 amide bonds. The van der Waals surface area contributed by atoms with Crippen LogP contribution in [0.25, 0.3) is 11.3 Å². The van der Waals surface area contributed by atoms with Gasteiger partial charge in [-0.15, -0.1) is 6.42 Å². The van der Waals surface area contributed by atoms with Gasteiger partial charge in [0.05, 0.1) is 6.20 Å². The molecule has 0 aliphatic heterocycles.